The second-order valence-electron chi connectivity index (χ2n) is 11.5. The Morgan fingerprint density at radius 1 is 0.889 bits per heavy atom. The smallest absolute Gasteiger partial charge is 0.200 e. The van der Waals surface area contributed by atoms with Crippen LogP contribution in [0.2, 0.25) is 0 Å². The summed E-state index contributed by atoms with van der Waals surface area (Å²) in [5.74, 6) is 1.35. The van der Waals surface area contributed by atoms with E-state index in [1.54, 1.807) is 0 Å². The Hall–Kier alpha value is -2.84. The molecule has 1 saturated carbocycles. The van der Waals surface area contributed by atoms with Gasteiger partial charge in [-0.15, -0.1) is 0 Å². The number of hydrogen-bond donors (Lipinski definition) is 0. The third-order valence-electron chi connectivity index (χ3n) is 8.63. The van der Waals surface area contributed by atoms with Gasteiger partial charge in [-0.2, -0.15) is 0 Å². The third-order valence-corrected chi connectivity index (χ3v) is 9.91. The molecule has 5 aromatic rings. The van der Waals surface area contributed by atoms with E-state index in [4.69, 9.17) is 0 Å². The van der Waals surface area contributed by atoms with Gasteiger partial charge in [0.25, 0.3) is 0 Å². The first-order valence-corrected chi connectivity index (χ1v) is 14.4. The zero-order chi connectivity index (χ0) is 24.6. The summed E-state index contributed by atoms with van der Waals surface area (Å²) in [4.78, 5) is 2.92. The first-order chi connectivity index (χ1) is 17.5. The molecular formula is C34H34NS+. The van der Waals surface area contributed by atoms with E-state index in [9.17, 15) is 0 Å². The van der Waals surface area contributed by atoms with Gasteiger partial charge in [0.05, 0.1) is 10.9 Å². The minimum absolute atomic E-state index is 0.605. The number of fused-ring (bicyclic) bond motifs is 5. The van der Waals surface area contributed by atoms with Crippen LogP contribution in [0.1, 0.15) is 62.1 Å². The Labute approximate surface area is 218 Å². The second kappa shape index (κ2) is 8.35. The van der Waals surface area contributed by atoms with E-state index < -0.39 is 0 Å². The van der Waals surface area contributed by atoms with Crippen molar-refractivity contribution in [1.82, 2.24) is 0 Å². The van der Waals surface area contributed by atoms with Gasteiger partial charge >= 0.3 is 0 Å². The van der Waals surface area contributed by atoms with E-state index in [-0.39, 0.29) is 0 Å². The van der Waals surface area contributed by atoms with Crippen LogP contribution < -0.4 is 4.57 Å². The third kappa shape index (κ3) is 3.27. The molecule has 2 heteroatoms. The maximum atomic E-state index is 2.50. The number of hydrogen-bond acceptors (Lipinski definition) is 1. The number of rotatable bonds is 3. The monoisotopic (exact) mass is 488 g/mol. The standard InChI is InChI=1S/C34H34NS/c1-20(2)17-29-28-12-8-7-11-26(28)21(3)30-32-31-24(15-16-35(32)4)19-25-18-23(22-9-5-6-10-22)13-14-27(25)33(31)36-34(29)30/h7-8,11-16,18-20,22H,5-6,9-10,17H2,1-4H3/q+1. The first kappa shape index (κ1) is 22.4. The van der Waals surface area contributed by atoms with Gasteiger partial charge in [0, 0.05) is 15.9 Å². The first-order valence-electron chi connectivity index (χ1n) is 13.6. The largest absolute Gasteiger partial charge is 0.222 e. The predicted octanol–water partition coefficient (Wildman–Crippen LogP) is 9.27. The van der Waals surface area contributed by atoms with Gasteiger partial charge in [-0.05, 0) is 87.7 Å². The van der Waals surface area contributed by atoms with Crippen molar-refractivity contribution in [3.8, 4) is 11.3 Å². The van der Waals surface area contributed by atoms with Gasteiger partial charge in [0.1, 0.15) is 7.05 Å². The number of benzene rings is 4. The Morgan fingerprint density at radius 3 is 2.44 bits per heavy atom. The van der Waals surface area contributed by atoms with E-state index in [0.717, 1.165) is 12.3 Å². The minimum atomic E-state index is 0.605. The fraction of sp³-hybridized carbons (Fsp3) is 0.324. The molecule has 0 radical (unpaired) electrons. The molecule has 180 valence electrons. The summed E-state index contributed by atoms with van der Waals surface area (Å²) in [6.07, 6.45) is 8.82. The van der Waals surface area contributed by atoms with Crippen LogP contribution in [-0.2, 0) is 13.5 Å². The van der Waals surface area contributed by atoms with Crippen LogP contribution in [-0.4, -0.2) is 0 Å². The average Bonchev–Trinajstić information content (AvgIpc) is 3.42. The van der Waals surface area contributed by atoms with Crippen molar-refractivity contribution in [3.63, 3.8) is 0 Å². The molecular weight excluding hydrogens is 454 g/mol. The normalized spacial score (nSPS) is 15.5. The molecule has 0 bridgehead atoms. The Bertz CT molecular complexity index is 1690. The zero-order valence-electron chi connectivity index (χ0n) is 21.8. The van der Waals surface area contributed by atoms with Crippen LogP contribution >= 0.6 is 11.8 Å². The quantitative estimate of drug-likeness (QED) is 0.177. The molecule has 0 saturated heterocycles. The molecule has 2 heterocycles. The lowest BCUT2D eigenvalue weighted by Crippen LogP contribution is -2.32. The maximum absolute atomic E-state index is 2.50. The highest BCUT2D eigenvalue weighted by Crippen LogP contribution is 2.54. The number of aryl methyl sites for hydroxylation is 2. The van der Waals surface area contributed by atoms with Gasteiger partial charge in [0.15, 0.2) is 6.20 Å². The summed E-state index contributed by atoms with van der Waals surface area (Å²) in [6, 6.07) is 21.2. The van der Waals surface area contributed by atoms with Crippen LogP contribution in [0.3, 0.4) is 0 Å². The Balaban J connectivity index is 1.58. The minimum Gasteiger partial charge on any atom is -0.200 e. The highest BCUT2D eigenvalue weighted by atomic mass is 32.2. The second-order valence-corrected chi connectivity index (χ2v) is 12.5. The average molecular weight is 489 g/mol. The molecule has 1 aliphatic carbocycles. The molecule has 1 aliphatic heterocycles. The molecule has 7 rings (SSSR count). The fourth-order valence-electron chi connectivity index (χ4n) is 6.91. The van der Waals surface area contributed by atoms with E-state index in [1.807, 2.05) is 11.8 Å². The van der Waals surface area contributed by atoms with Gasteiger partial charge in [-0.25, -0.2) is 4.57 Å². The lowest BCUT2D eigenvalue weighted by Gasteiger charge is -2.26. The highest BCUT2D eigenvalue weighted by molar-refractivity contribution is 8.00. The van der Waals surface area contributed by atoms with Crippen LogP contribution in [0.5, 0.6) is 0 Å². The van der Waals surface area contributed by atoms with Gasteiger partial charge in [-0.3, -0.25) is 0 Å². The molecule has 4 aromatic carbocycles. The molecule has 0 atom stereocenters. The van der Waals surface area contributed by atoms with Crippen molar-refractivity contribution in [3.05, 3.63) is 77.5 Å². The summed E-state index contributed by atoms with van der Waals surface area (Å²) < 4.78 is 2.37. The molecule has 0 N–H and O–H groups in total. The van der Waals surface area contributed by atoms with Crippen molar-refractivity contribution < 1.29 is 4.57 Å². The van der Waals surface area contributed by atoms with Crippen LogP contribution in [0, 0.1) is 12.8 Å². The molecule has 0 unspecified atom stereocenters. The number of pyridine rings is 1. The molecule has 1 nitrogen and oxygen atoms in total. The van der Waals surface area contributed by atoms with Crippen LogP contribution in [0.4, 0.5) is 0 Å². The summed E-state index contributed by atoms with van der Waals surface area (Å²) in [7, 11) is 2.22. The van der Waals surface area contributed by atoms with E-state index in [1.165, 1.54) is 95.7 Å². The molecule has 1 fully saturated rings. The molecule has 36 heavy (non-hydrogen) atoms. The topological polar surface area (TPSA) is 3.88 Å². The highest BCUT2D eigenvalue weighted by Gasteiger charge is 2.33. The lowest BCUT2D eigenvalue weighted by molar-refractivity contribution is -0.659. The van der Waals surface area contributed by atoms with Gasteiger partial charge in [0.2, 0.25) is 5.69 Å². The van der Waals surface area contributed by atoms with E-state index >= 15 is 0 Å². The van der Waals surface area contributed by atoms with Crippen LogP contribution in [0.15, 0.2) is 70.6 Å². The SMILES string of the molecule is Cc1c2c(c(CC(C)C)c3ccccc13)Sc1c3ccc(C4CCCC4)cc3cc3cc[n+](C)c-2c13. The van der Waals surface area contributed by atoms with Gasteiger partial charge < -0.3 is 0 Å². The number of nitrogens with zero attached hydrogens (tertiary/aromatic N) is 1. The van der Waals surface area contributed by atoms with Crippen LogP contribution in [0.25, 0.3) is 43.6 Å². The summed E-state index contributed by atoms with van der Waals surface area (Å²) in [5.41, 5.74) is 7.29. The van der Waals surface area contributed by atoms with Gasteiger partial charge in [-0.1, -0.05) is 80.9 Å². The predicted molar refractivity (Wildman–Crippen MR) is 154 cm³/mol. The maximum Gasteiger partial charge on any atom is 0.222 e. The zero-order valence-corrected chi connectivity index (χ0v) is 22.6. The fourth-order valence-corrected chi connectivity index (χ4v) is 8.40. The van der Waals surface area contributed by atoms with E-state index in [2.05, 4.69) is 93.2 Å². The number of aromatic nitrogens is 1. The van der Waals surface area contributed by atoms with Crippen molar-refractivity contribution in [2.45, 2.75) is 68.6 Å². The van der Waals surface area contributed by atoms with Crippen molar-refractivity contribution in [2.24, 2.45) is 13.0 Å². The lowest BCUT2D eigenvalue weighted by atomic mass is 9.87. The summed E-state index contributed by atoms with van der Waals surface area (Å²) in [5, 5.41) is 8.43. The summed E-state index contributed by atoms with van der Waals surface area (Å²) in [6.45, 7) is 7.03. The molecule has 2 aliphatic rings. The van der Waals surface area contributed by atoms with Crippen molar-refractivity contribution in [1.29, 1.82) is 0 Å². The molecule has 0 amide bonds. The molecule has 1 aromatic heterocycles. The van der Waals surface area contributed by atoms with E-state index in [0.29, 0.717) is 5.92 Å². The summed E-state index contributed by atoms with van der Waals surface area (Å²) >= 11 is 2.04. The Morgan fingerprint density at radius 2 is 1.67 bits per heavy atom. The Kier molecular flexibility index (Phi) is 5.19. The molecule has 0 spiro atoms. The van der Waals surface area contributed by atoms with Crippen molar-refractivity contribution >= 4 is 44.1 Å². The van der Waals surface area contributed by atoms with Crippen molar-refractivity contribution in [2.75, 3.05) is 0 Å².